The van der Waals surface area contributed by atoms with Crippen LogP contribution in [0.4, 0.5) is 16.2 Å². The minimum atomic E-state index is -1.71. The topological polar surface area (TPSA) is 134 Å². The Morgan fingerprint density at radius 2 is 1.61 bits per heavy atom. The zero-order valence-electron chi connectivity index (χ0n) is 29.3. The summed E-state index contributed by atoms with van der Waals surface area (Å²) in [6.07, 6.45) is 0.423. The zero-order valence-corrected chi connectivity index (χ0v) is 29.3. The number of nitrogens with zero attached hydrogens (tertiary/aromatic N) is 2. The monoisotopic (exact) mass is 670 g/mol. The number of ether oxygens (including phenoxy) is 2. The molecule has 260 valence electrons. The summed E-state index contributed by atoms with van der Waals surface area (Å²) in [4.78, 5) is 69.2. The molecule has 3 aromatic rings. The lowest BCUT2D eigenvalue weighted by atomic mass is 9.85. The zero-order chi connectivity index (χ0) is 35.9. The number of urea groups is 1. The molecule has 1 atom stereocenters. The lowest BCUT2D eigenvalue weighted by Gasteiger charge is -2.29. The van der Waals surface area contributed by atoms with Crippen molar-refractivity contribution in [2.24, 2.45) is 5.41 Å². The normalized spacial score (nSPS) is 13.8. The highest BCUT2D eigenvalue weighted by molar-refractivity contribution is 6.19. The van der Waals surface area contributed by atoms with E-state index < -0.39 is 35.1 Å². The van der Waals surface area contributed by atoms with Crippen molar-refractivity contribution in [2.45, 2.75) is 80.0 Å². The van der Waals surface area contributed by atoms with E-state index in [1.165, 1.54) is 4.90 Å². The second kappa shape index (κ2) is 15.8. The molecule has 1 aliphatic heterocycles. The summed E-state index contributed by atoms with van der Waals surface area (Å²) in [5.74, 6) is -1.28. The van der Waals surface area contributed by atoms with Gasteiger partial charge in [-0.25, -0.2) is 9.69 Å². The standard InChI is InChI=1S/C38H46N4O7/c1-24(2)49-31-21-28(39-32(43)14-11-19-48-30-18-15-25(3)20-26(30)4)16-17-29(31)40-36(46)34(35(45)38(5,6)7)42-33(44)23-41(37(42)47)22-27-12-9-8-10-13-27/h8-10,12-13,15-18,20-21,24,34H,11,14,19,22-23H2,1-7H3,(H,39,43)(H,40,46). The van der Waals surface area contributed by atoms with Crippen molar-refractivity contribution in [3.8, 4) is 11.5 Å². The Bertz CT molecular complexity index is 1700. The van der Waals surface area contributed by atoms with E-state index in [1.54, 1.807) is 52.8 Å². The number of amides is 5. The van der Waals surface area contributed by atoms with Crippen molar-refractivity contribution in [1.82, 2.24) is 9.80 Å². The summed E-state index contributed by atoms with van der Waals surface area (Å²) in [7, 11) is 0. The molecule has 49 heavy (non-hydrogen) atoms. The second-order valence-electron chi connectivity index (χ2n) is 13.5. The number of benzene rings is 3. The number of nitrogens with one attached hydrogen (secondary N) is 2. The highest BCUT2D eigenvalue weighted by atomic mass is 16.5. The third-order valence-electron chi connectivity index (χ3n) is 7.80. The molecule has 1 saturated heterocycles. The van der Waals surface area contributed by atoms with Crippen LogP contribution in [-0.2, 0) is 25.7 Å². The Morgan fingerprint density at radius 3 is 2.27 bits per heavy atom. The van der Waals surface area contributed by atoms with Crippen LogP contribution in [0.2, 0.25) is 0 Å². The van der Waals surface area contributed by atoms with E-state index in [9.17, 15) is 24.0 Å². The van der Waals surface area contributed by atoms with Gasteiger partial charge in [0.05, 0.1) is 18.4 Å². The lowest BCUT2D eigenvalue weighted by Crippen LogP contribution is -2.55. The summed E-state index contributed by atoms with van der Waals surface area (Å²) in [5, 5.41) is 5.57. The molecule has 1 fully saturated rings. The number of anilines is 2. The molecule has 0 radical (unpaired) electrons. The maximum atomic E-state index is 13.9. The van der Waals surface area contributed by atoms with Crippen LogP contribution in [0.25, 0.3) is 0 Å². The molecule has 0 aromatic heterocycles. The molecule has 3 aromatic carbocycles. The fourth-order valence-electron chi connectivity index (χ4n) is 5.37. The Morgan fingerprint density at radius 1 is 0.898 bits per heavy atom. The molecule has 1 aliphatic rings. The Labute approximate surface area is 287 Å². The van der Waals surface area contributed by atoms with Gasteiger partial charge in [-0.15, -0.1) is 0 Å². The fourth-order valence-corrected chi connectivity index (χ4v) is 5.37. The van der Waals surface area contributed by atoms with Gasteiger partial charge in [0.15, 0.2) is 11.8 Å². The molecule has 2 N–H and O–H groups in total. The summed E-state index contributed by atoms with van der Waals surface area (Å²) >= 11 is 0. The Hall–Kier alpha value is -5.19. The van der Waals surface area contributed by atoms with Crippen molar-refractivity contribution in [1.29, 1.82) is 0 Å². The lowest BCUT2D eigenvalue weighted by molar-refractivity contribution is -0.143. The summed E-state index contributed by atoms with van der Waals surface area (Å²) in [5.41, 5.74) is 2.60. The smallest absolute Gasteiger partial charge is 0.328 e. The van der Waals surface area contributed by atoms with Crippen LogP contribution in [-0.4, -0.2) is 64.6 Å². The van der Waals surface area contributed by atoms with E-state index in [-0.39, 0.29) is 43.0 Å². The average molecular weight is 671 g/mol. The Kier molecular flexibility index (Phi) is 11.8. The van der Waals surface area contributed by atoms with Crippen LogP contribution in [0, 0.1) is 19.3 Å². The number of hydrogen-bond donors (Lipinski definition) is 2. The molecule has 4 rings (SSSR count). The first-order valence-corrected chi connectivity index (χ1v) is 16.4. The van der Waals surface area contributed by atoms with Crippen LogP contribution < -0.4 is 20.1 Å². The first-order chi connectivity index (χ1) is 23.1. The Balaban J connectivity index is 1.47. The van der Waals surface area contributed by atoms with Crippen LogP contribution in [0.15, 0.2) is 66.7 Å². The largest absolute Gasteiger partial charge is 0.493 e. The summed E-state index contributed by atoms with van der Waals surface area (Å²) in [6, 6.07) is 17.4. The summed E-state index contributed by atoms with van der Waals surface area (Å²) in [6.45, 7) is 12.8. The van der Waals surface area contributed by atoms with Crippen molar-refractivity contribution < 1.29 is 33.4 Å². The van der Waals surface area contributed by atoms with E-state index in [0.717, 1.165) is 27.3 Å². The molecule has 0 spiro atoms. The maximum absolute atomic E-state index is 13.9. The number of carbonyl (C=O) groups is 5. The van der Waals surface area contributed by atoms with E-state index in [2.05, 4.69) is 10.6 Å². The fraction of sp³-hybridized carbons (Fsp3) is 0.395. The van der Waals surface area contributed by atoms with Gasteiger partial charge in [0.25, 0.3) is 11.8 Å². The molecule has 1 heterocycles. The van der Waals surface area contributed by atoms with Gasteiger partial charge in [0.1, 0.15) is 18.0 Å². The number of carbonyl (C=O) groups excluding carboxylic acids is 5. The van der Waals surface area contributed by atoms with E-state index >= 15 is 0 Å². The molecule has 0 aliphatic carbocycles. The molecular formula is C38H46N4O7. The molecule has 5 amide bonds. The average Bonchev–Trinajstić information content (AvgIpc) is 3.29. The number of aryl methyl sites for hydroxylation is 2. The molecule has 11 nitrogen and oxygen atoms in total. The number of hydrogen-bond acceptors (Lipinski definition) is 7. The van der Waals surface area contributed by atoms with Gasteiger partial charge in [-0.2, -0.15) is 0 Å². The van der Waals surface area contributed by atoms with Gasteiger partial charge in [0.2, 0.25) is 5.91 Å². The maximum Gasteiger partial charge on any atom is 0.328 e. The summed E-state index contributed by atoms with van der Waals surface area (Å²) < 4.78 is 11.8. The van der Waals surface area contributed by atoms with Gasteiger partial charge >= 0.3 is 6.03 Å². The minimum absolute atomic E-state index is 0.152. The van der Waals surface area contributed by atoms with Crippen molar-refractivity contribution in [3.05, 3.63) is 83.4 Å². The molecule has 0 saturated carbocycles. The second-order valence-corrected chi connectivity index (χ2v) is 13.5. The van der Waals surface area contributed by atoms with Crippen LogP contribution >= 0.6 is 0 Å². The number of Topliss-reactive ketones (excluding diaryl/α,β-unsaturated/α-hetero) is 1. The van der Waals surface area contributed by atoms with Crippen molar-refractivity contribution in [2.75, 3.05) is 23.8 Å². The van der Waals surface area contributed by atoms with Crippen molar-refractivity contribution >= 4 is 40.9 Å². The predicted molar refractivity (Wildman–Crippen MR) is 187 cm³/mol. The first kappa shape index (κ1) is 36.6. The first-order valence-electron chi connectivity index (χ1n) is 16.4. The third-order valence-corrected chi connectivity index (χ3v) is 7.80. The van der Waals surface area contributed by atoms with E-state index in [0.29, 0.717) is 18.7 Å². The predicted octanol–water partition coefficient (Wildman–Crippen LogP) is 6.28. The third kappa shape index (κ3) is 9.68. The molecule has 1 unspecified atom stereocenters. The number of imide groups is 1. The van der Waals surface area contributed by atoms with Gasteiger partial charge in [0, 0.05) is 30.1 Å². The van der Waals surface area contributed by atoms with Gasteiger partial charge in [-0.05, 0) is 63.4 Å². The SMILES string of the molecule is Cc1ccc(OCCCC(=O)Nc2ccc(NC(=O)C(C(=O)C(C)(C)C)N3C(=O)CN(Cc4ccccc4)C3=O)c(OC(C)C)c2)c(C)c1. The van der Waals surface area contributed by atoms with E-state index in [1.807, 2.05) is 62.4 Å². The molecule has 11 heteroatoms. The van der Waals surface area contributed by atoms with Gasteiger partial charge < -0.3 is 25.0 Å². The van der Waals surface area contributed by atoms with Crippen LogP contribution in [0.1, 0.15) is 64.2 Å². The van der Waals surface area contributed by atoms with Crippen LogP contribution in [0.5, 0.6) is 11.5 Å². The quantitative estimate of drug-likeness (QED) is 0.117. The molecular weight excluding hydrogens is 624 g/mol. The van der Waals surface area contributed by atoms with Gasteiger partial charge in [-0.3, -0.25) is 19.2 Å². The van der Waals surface area contributed by atoms with Crippen molar-refractivity contribution in [3.63, 3.8) is 0 Å². The highest BCUT2D eigenvalue weighted by Gasteiger charge is 2.49. The van der Waals surface area contributed by atoms with Crippen LogP contribution in [0.3, 0.4) is 0 Å². The number of rotatable bonds is 14. The minimum Gasteiger partial charge on any atom is -0.493 e. The highest BCUT2D eigenvalue weighted by Crippen LogP contribution is 2.31. The molecule has 0 bridgehead atoms. The number of ketones is 1. The van der Waals surface area contributed by atoms with E-state index in [4.69, 9.17) is 9.47 Å². The van der Waals surface area contributed by atoms with Gasteiger partial charge in [-0.1, -0.05) is 68.8 Å².